The molecule has 0 aliphatic carbocycles. The molecule has 1 aromatic carbocycles. The van der Waals surface area contributed by atoms with Crippen LogP contribution in [0.4, 0.5) is 0 Å². The number of carbonyl (C=O) groups excluding carboxylic acids is 4. The van der Waals surface area contributed by atoms with Crippen molar-refractivity contribution in [3.05, 3.63) is 35.9 Å². The molecule has 244 valence electrons. The van der Waals surface area contributed by atoms with Crippen LogP contribution in [0.1, 0.15) is 52.0 Å². The summed E-state index contributed by atoms with van der Waals surface area (Å²) in [6.07, 6.45) is 0.184. The quantitative estimate of drug-likeness (QED) is 0.0584. The van der Waals surface area contributed by atoms with Gasteiger partial charge in [0.15, 0.2) is 5.96 Å². The first-order valence-corrected chi connectivity index (χ1v) is 14.7. The van der Waals surface area contributed by atoms with Crippen LogP contribution >= 0.6 is 0 Å². The van der Waals surface area contributed by atoms with E-state index in [9.17, 15) is 34.2 Å². The van der Waals surface area contributed by atoms with E-state index in [1.807, 2.05) is 0 Å². The van der Waals surface area contributed by atoms with Crippen LogP contribution in [0.15, 0.2) is 35.3 Å². The molecule has 44 heavy (non-hydrogen) atoms. The second-order valence-corrected chi connectivity index (χ2v) is 11.3. The Morgan fingerprint density at radius 1 is 1.00 bits per heavy atom. The van der Waals surface area contributed by atoms with Gasteiger partial charge in [-0.15, -0.1) is 0 Å². The summed E-state index contributed by atoms with van der Waals surface area (Å²) in [5.74, 6) is -4.34. The van der Waals surface area contributed by atoms with Crippen molar-refractivity contribution >= 4 is 35.6 Å². The van der Waals surface area contributed by atoms with Crippen molar-refractivity contribution in [2.24, 2.45) is 28.1 Å². The van der Waals surface area contributed by atoms with Crippen molar-refractivity contribution < 1.29 is 34.2 Å². The van der Waals surface area contributed by atoms with Crippen molar-refractivity contribution in [1.82, 2.24) is 20.9 Å². The molecule has 0 saturated carbocycles. The first kappa shape index (κ1) is 36.0. The topological polar surface area (TPSA) is 256 Å². The molecule has 1 aliphatic heterocycles. The number of nitrogens with two attached hydrogens (primary N) is 3. The third kappa shape index (κ3) is 10.8. The molecular formula is C29H46N8O7. The average Bonchev–Trinajstić information content (AvgIpc) is 3.46. The lowest BCUT2D eigenvalue weighted by atomic mass is 10.00. The molecule has 2 rings (SSSR count). The fourth-order valence-corrected chi connectivity index (χ4v) is 4.84. The number of likely N-dealkylation sites (tertiary alicyclic amines) is 1. The largest absolute Gasteiger partial charge is 0.480 e. The third-order valence-corrected chi connectivity index (χ3v) is 7.37. The number of benzene rings is 1. The van der Waals surface area contributed by atoms with Gasteiger partial charge in [-0.2, -0.15) is 0 Å². The number of carboxylic acid groups (broad SMARTS) is 1. The summed E-state index contributed by atoms with van der Waals surface area (Å²) in [7, 11) is 0. The Hall–Kier alpha value is -4.24. The van der Waals surface area contributed by atoms with Crippen LogP contribution in [0.2, 0.25) is 0 Å². The minimum absolute atomic E-state index is 0.0411. The maximum Gasteiger partial charge on any atom is 0.326 e. The van der Waals surface area contributed by atoms with Gasteiger partial charge in [0.2, 0.25) is 23.6 Å². The zero-order valence-corrected chi connectivity index (χ0v) is 25.4. The highest BCUT2D eigenvalue weighted by Gasteiger charge is 2.39. The zero-order valence-electron chi connectivity index (χ0n) is 25.4. The standard InChI is InChI=1S/C29H46N8O7/c1-16(2)23(26(41)35-20(28(43)44)15-18-9-5-4-6-10-18)36-24(39)19(11-7-13-33-29(31)32)34-25(40)21-12-8-14-37(21)27(42)22(30)17(3)38/h4-6,9-10,16-17,19-23,38H,7-8,11-15,30H2,1-3H3,(H,34,40)(H,35,41)(H,36,39)(H,43,44)(H4,31,32,33)/t17-,19+,20+,21+,22+,23+/m1/s1. The molecule has 11 N–H and O–H groups in total. The Morgan fingerprint density at radius 2 is 1.66 bits per heavy atom. The maximum atomic E-state index is 13.5. The molecule has 0 unspecified atom stereocenters. The number of rotatable bonds is 16. The smallest absolute Gasteiger partial charge is 0.326 e. The summed E-state index contributed by atoms with van der Waals surface area (Å²) in [6, 6.07) is 3.21. The van der Waals surface area contributed by atoms with Crippen LogP contribution in [0, 0.1) is 5.92 Å². The summed E-state index contributed by atoms with van der Waals surface area (Å²) >= 11 is 0. The Labute approximate surface area is 257 Å². The van der Waals surface area contributed by atoms with Gasteiger partial charge in [0.25, 0.3) is 0 Å². The predicted octanol–water partition coefficient (Wildman–Crippen LogP) is -1.82. The molecule has 1 saturated heterocycles. The number of aliphatic hydroxyl groups excluding tert-OH is 1. The molecule has 4 amide bonds. The summed E-state index contributed by atoms with van der Waals surface area (Å²) in [6.45, 7) is 5.20. The molecule has 6 atom stereocenters. The van der Waals surface area contributed by atoms with Gasteiger partial charge in [-0.05, 0) is 44.1 Å². The van der Waals surface area contributed by atoms with E-state index in [0.717, 1.165) is 0 Å². The van der Waals surface area contributed by atoms with E-state index in [1.54, 1.807) is 44.2 Å². The zero-order chi connectivity index (χ0) is 33.0. The van der Waals surface area contributed by atoms with Crippen LogP contribution in [0.3, 0.4) is 0 Å². The average molecular weight is 619 g/mol. The molecule has 0 spiro atoms. The number of nitrogens with zero attached hydrogens (tertiary/aromatic N) is 2. The number of carboxylic acids is 1. The van der Waals surface area contributed by atoms with Gasteiger partial charge < -0.3 is 48.3 Å². The Bertz CT molecular complexity index is 1170. The molecule has 1 heterocycles. The predicted molar refractivity (Wildman–Crippen MR) is 163 cm³/mol. The van der Waals surface area contributed by atoms with Gasteiger partial charge in [-0.1, -0.05) is 44.2 Å². The molecule has 0 bridgehead atoms. The Kier molecular flexibility index (Phi) is 14.0. The van der Waals surface area contributed by atoms with E-state index < -0.39 is 71.8 Å². The Morgan fingerprint density at radius 3 is 2.23 bits per heavy atom. The lowest BCUT2D eigenvalue weighted by molar-refractivity contribution is -0.142. The number of hydrogen-bond donors (Lipinski definition) is 8. The fraction of sp³-hybridized carbons (Fsp3) is 0.586. The summed E-state index contributed by atoms with van der Waals surface area (Å²) in [5.41, 5.74) is 17.3. The van der Waals surface area contributed by atoms with Crippen molar-refractivity contribution in [3.8, 4) is 0 Å². The molecule has 1 aromatic rings. The number of aliphatic carboxylic acids is 1. The number of carbonyl (C=O) groups is 5. The number of amides is 4. The highest BCUT2D eigenvalue weighted by Crippen LogP contribution is 2.19. The summed E-state index contributed by atoms with van der Waals surface area (Å²) < 4.78 is 0. The van der Waals surface area contributed by atoms with E-state index in [4.69, 9.17) is 17.2 Å². The fourth-order valence-electron chi connectivity index (χ4n) is 4.84. The highest BCUT2D eigenvalue weighted by atomic mass is 16.4. The van der Waals surface area contributed by atoms with Crippen LogP contribution in [0.5, 0.6) is 0 Å². The third-order valence-electron chi connectivity index (χ3n) is 7.37. The van der Waals surface area contributed by atoms with E-state index in [-0.39, 0.29) is 31.9 Å². The maximum absolute atomic E-state index is 13.5. The summed E-state index contributed by atoms with van der Waals surface area (Å²) in [4.78, 5) is 70.1. The number of hydrogen-bond acceptors (Lipinski definition) is 8. The summed E-state index contributed by atoms with van der Waals surface area (Å²) in [5, 5.41) is 27.4. The first-order chi connectivity index (χ1) is 20.7. The number of guanidine groups is 1. The van der Waals surface area contributed by atoms with E-state index in [2.05, 4.69) is 20.9 Å². The Balaban J connectivity index is 2.20. The lowest BCUT2D eigenvalue weighted by Gasteiger charge is -2.30. The van der Waals surface area contributed by atoms with Crippen LogP contribution in [-0.2, 0) is 30.4 Å². The van der Waals surface area contributed by atoms with Crippen LogP contribution in [-0.4, -0.2) is 100 Å². The minimum Gasteiger partial charge on any atom is -0.480 e. The van der Waals surface area contributed by atoms with Crippen molar-refractivity contribution in [1.29, 1.82) is 0 Å². The van der Waals surface area contributed by atoms with Crippen molar-refractivity contribution in [2.75, 3.05) is 13.1 Å². The van der Waals surface area contributed by atoms with Gasteiger partial charge in [0.1, 0.15) is 30.2 Å². The molecule has 15 heteroatoms. The minimum atomic E-state index is -1.24. The second kappa shape index (κ2) is 17.2. The van der Waals surface area contributed by atoms with Gasteiger partial charge >= 0.3 is 5.97 Å². The normalized spacial score (nSPS) is 18.0. The first-order valence-electron chi connectivity index (χ1n) is 14.7. The van der Waals surface area contributed by atoms with E-state index in [0.29, 0.717) is 24.8 Å². The van der Waals surface area contributed by atoms with Crippen molar-refractivity contribution in [3.63, 3.8) is 0 Å². The van der Waals surface area contributed by atoms with E-state index >= 15 is 0 Å². The van der Waals surface area contributed by atoms with Gasteiger partial charge in [-0.3, -0.25) is 24.2 Å². The van der Waals surface area contributed by atoms with Crippen LogP contribution < -0.4 is 33.2 Å². The van der Waals surface area contributed by atoms with Crippen LogP contribution in [0.25, 0.3) is 0 Å². The monoisotopic (exact) mass is 618 g/mol. The molecular weight excluding hydrogens is 572 g/mol. The molecule has 0 aromatic heterocycles. The SMILES string of the molecule is CC(C)[C@H](NC(=O)[C@H](CCCN=C(N)N)NC(=O)[C@@H]1CCCN1C(=O)[C@@H](N)[C@@H](C)O)C(=O)N[C@@H](Cc1ccccc1)C(=O)O. The van der Waals surface area contributed by atoms with E-state index in [1.165, 1.54) is 11.8 Å². The molecule has 1 aliphatic rings. The number of aliphatic imine (C=N–C) groups is 1. The molecule has 15 nitrogen and oxygen atoms in total. The highest BCUT2D eigenvalue weighted by molar-refractivity contribution is 5.95. The van der Waals surface area contributed by atoms with Crippen molar-refractivity contribution in [2.45, 2.75) is 89.2 Å². The molecule has 0 radical (unpaired) electrons. The molecule has 1 fully saturated rings. The van der Waals surface area contributed by atoms with Gasteiger partial charge in [0, 0.05) is 19.5 Å². The second-order valence-electron chi connectivity index (χ2n) is 11.3. The van der Waals surface area contributed by atoms with Gasteiger partial charge in [-0.25, -0.2) is 4.79 Å². The lowest BCUT2D eigenvalue weighted by Crippen LogP contribution is -2.59. The number of aliphatic hydroxyl groups is 1. The number of nitrogens with one attached hydrogen (secondary N) is 3. The van der Waals surface area contributed by atoms with Gasteiger partial charge in [0.05, 0.1) is 6.10 Å².